The van der Waals surface area contributed by atoms with Gasteiger partial charge in [-0.2, -0.15) is 0 Å². The van der Waals surface area contributed by atoms with Crippen LogP contribution < -0.4 is 10.9 Å². The number of hydrogen-bond acceptors (Lipinski definition) is 5. The fourth-order valence-electron chi connectivity index (χ4n) is 1.25. The number of hydrogen-bond donors (Lipinski definition) is 2. The number of nitrogens with one attached hydrogen (secondary N) is 1. The summed E-state index contributed by atoms with van der Waals surface area (Å²) in [5, 5.41) is 12.3. The summed E-state index contributed by atoms with van der Waals surface area (Å²) in [4.78, 5) is 15.4. The van der Waals surface area contributed by atoms with Gasteiger partial charge in [-0.25, -0.2) is 4.98 Å². The summed E-state index contributed by atoms with van der Waals surface area (Å²) >= 11 is 0. The molecule has 0 aliphatic heterocycles. The number of methoxy groups -OCH3 is 1. The fraction of sp³-hybridized carbons (Fsp3) is 0.600. The van der Waals surface area contributed by atoms with Crippen LogP contribution >= 0.6 is 0 Å². The van der Waals surface area contributed by atoms with E-state index in [2.05, 4.69) is 10.3 Å². The molecule has 0 saturated carbocycles. The highest BCUT2D eigenvalue weighted by Crippen LogP contribution is 1.95. The van der Waals surface area contributed by atoms with Crippen LogP contribution in [0.15, 0.2) is 17.2 Å². The van der Waals surface area contributed by atoms with Crippen molar-refractivity contribution >= 4 is 5.82 Å². The van der Waals surface area contributed by atoms with E-state index in [1.807, 2.05) is 0 Å². The smallest absolute Gasteiger partial charge is 0.293 e. The molecule has 1 atom stereocenters. The maximum absolute atomic E-state index is 11.5. The molecule has 1 rings (SSSR count). The van der Waals surface area contributed by atoms with Gasteiger partial charge in [-0.15, -0.1) is 0 Å². The Morgan fingerprint density at radius 2 is 2.44 bits per heavy atom. The van der Waals surface area contributed by atoms with E-state index in [1.54, 1.807) is 19.4 Å². The molecule has 0 fully saturated rings. The first-order chi connectivity index (χ1) is 7.65. The van der Waals surface area contributed by atoms with Crippen molar-refractivity contribution in [2.24, 2.45) is 7.05 Å². The Bertz CT molecular complexity index is 378. The predicted octanol–water partition coefficient (Wildman–Crippen LogP) is -0.410. The fourth-order valence-corrected chi connectivity index (χ4v) is 1.25. The molecule has 0 bridgehead atoms. The molecule has 1 aromatic heterocycles. The van der Waals surface area contributed by atoms with Gasteiger partial charge in [-0.3, -0.25) is 4.79 Å². The summed E-state index contributed by atoms with van der Waals surface area (Å²) in [5.41, 5.74) is -0.177. The molecule has 0 saturated heterocycles. The molecule has 16 heavy (non-hydrogen) atoms. The number of nitrogens with zero attached hydrogens (tertiary/aromatic N) is 2. The molecule has 0 aliphatic rings. The number of anilines is 1. The van der Waals surface area contributed by atoms with Gasteiger partial charge in [0.25, 0.3) is 5.56 Å². The molecule has 1 heterocycles. The van der Waals surface area contributed by atoms with Gasteiger partial charge in [0.15, 0.2) is 5.82 Å². The molecule has 6 heteroatoms. The summed E-state index contributed by atoms with van der Waals surface area (Å²) in [5.74, 6) is 0.301. The lowest BCUT2D eigenvalue weighted by Crippen LogP contribution is -2.24. The molecule has 0 amide bonds. The molecule has 0 aliphatic carbocycles. The van der Waals surface area contributed by atoms with Gasteiger partial charge in [-0.05, 0) is 6.42 Å². The van der Waals surface area contributed by atoms with E-state index in [1.165, 1.54) is 11.7 Å². The SMILES string of the molecule is COCC(O)CCNc1nccn(C)c1=O. The molecule has 90 valence electrons. The number of aryl methyl sites for hydroxylation is 1. The van der Waals surface area contributed by atoms with Crippen molar-refractivity contribution < 1.29 is 9.84 Å². The van der Waals surface area contributed by atoms with E-state index in [0.29, 0.717) is 25.4 Å². The molecule has 0 aromatic carbocycles. The first kappa shape index (κ1) is 12.7. The lowest BCUT2D eigenvalue weighted by molar-refractivity contribution is 0.0615. The minimum atomic E-state index is -0.523. The van der Waals surface area contributed by atoms with Crippen molar-refractivity contribution in [1.29, 1.82) is 0 Å². The van der Waals surface area contributed by atoms with Gasteiger partial charge in [0.1, 0.15) is 0 Å². The summed E-state index contributed by atoms with van der Waals surface area (Å²) in [7, 11) is 3.19. The first-order valence-corrected chi connectivity index (χ1v) is 5.07. The summed E-state index contributed by atoms with van der Waals surface area (Å²) in [6, 6.07) is 0. The zero-order valence-electron chi connectivity index (χ0n) is 9.51. The van der Waals surface area contributed by atoms with Crippen molar-refractivity contribution in [2.75, 3.05) is 25.6 Å². The zero-order chi connectivity index (χ0) is 12.0. The second-order valence-electron chi connectivity index (χ2n) is 3.52. The normalized spacial score (nSPS) is 12.4. The van der Waals surface area contributed by atoms with Crippen LogP contribution in [0.25, 0.3) is 0 Å². The standard InChI is InChI=1S/C10H17N3O3/c1-13-6-5-12-9(10(13)15)11-4-3-8(14)7-16-2/h5-6,8,14H,3-4,7H2,1-2H3,(H,11,12). The largest absolute Gasteiger partial charge is 0.391 e. The average Bonchev–Trinajstić information content (AvgIpc) is 2.25. The van der Waals surface area contributed by atoms with Crippen LogP contribution in [0.1, 0.15) is 6.42 Å². The van der Waals surface area contributed by atoms with Crippen LogP contribution in [0.4, 0.5) is 5.82 Å². The quantitative estimate of drug-likeness (QED) is 0.691. The highest BCUT2D eigenvalue weighted by molar-refractivity contribution is 5.30. The highest BCUT2D eigenvalue weighted by Gasteiger charge is 2.05. The Labute approximate surface area is 93.9 Å². The number of rotatable bonds is 6. The van der Waals surface area contributed by atoms with E-state index in [-0.39, 0.29) is 5.56 Å². The molecule has 0 spiro atoms. The average molecular weight is 227 g/mol. The third-order valence-electron chi connectivity index (χ3n) is 2.15. The topological polar surface area (TPSA) is 76.4 Å². The predicted molar refractivity (Wildman–Crippen MR) is 60.5 cm³/mol. The molecule has 0 radical (unpaired) electrons. The van der Waals surface area contributed by atoms with Crippen LogP contribution in [0.2, 0.25) is 0 Å². The summed E-state index contributed by atoms with van der Waals surface area (Å²) in [6.45, 7) is 0.776. The lowest BCUT2D eigenvalue weighted by atomic mass is 10.2. The van der Waals surface area contributed by atoms with E-state index in [0.717, 1.165) is 0 Å². The van der Waals surface area contributed by atoms with E-state index in [9.17, 15) is 9.90 Å². The van der Waals surface area contributed by atoms with Crippen molar-refractivity contribution in [3.8, 4) is 0 Å². The molecule has 1 unspecified atom stereocenters. The highest BCUT2D eigenvalue weighted by atomic mass is 16.5. The second-order valence-corrected chi connectivity index (χ2v) is 3.52. The zero-order valence-corrected chi connectivity index (χ0v) is 9.51. The van der Waals surface area contributed by atoms with Gasteiger partial charge in [-0.1, -0.05) is 0 Å². The second kappa shape index (κ2) is 6.24. The van der Waals surface area contributed by atoms with Gasteiger partial charge in [0.2, 0.25) is 0 Å². The van der Waals surface area contributed by atoms with Crippen molar-refractivity contribution in [1.82, 2.24) is 9.55 Å². The van der Waals surface area contributed by atoms with E-state index < -0.39 is 6.10 Å². The maximum atomic E-state index is 11.5. The number of aliphatic hydroxyl groups excluding tert-OH is 1. The van der Waals surface area contributed by atoms with Crippen LogP contribution in [0.5, 0.6) is 0 Å². The molecular weight excluding hydrogens is 210 g/mol. The summed E-state index contributed by atoms with van der Waals surface area (Å²) < 4.78 is 6.24. The number of ether oxygens (including phenoxy) is 1. The minimum Gasteiger partial charge on any atom is -0.391 e. The third-order valence-corrected chi connectivity index (χ3v) is 2.15. The van der Waals surface area contributed by atoms with E-state index in [4.69, 9.17) is 4.74 Å². The van der Waals surface area contributed by atoms with Gasteiger partial charge < -0.3 is 19.7 Å². The van der Waals surface area contributed by atoms with Crippen molar-refractivity contribution in [3.05, 3.63) is 22.7 Å². The van der Waals surface area contributed by atoms with Gasteiger partial charge >= 0.3 is 0 Å². The van der Waals surface area contributed by atoms with Crippen LogP contribution in [-0.4, -0.2) is 41.0 Å². The lowest BCUT2D eigenvalue weighted by Gasteiger charge is -2.10. The third kappa shape index (κ3) is 3.63. The minimum absolute atomic E-state index is 0.177. The van der Waals surface area contributed by atoms with Crippen molar-refractivity contribution in [3.63, 3.8) is 0 Å². The monoisotopic (exact) mass is 227 g/mol. The van der Waals surface area contributed by atoms with Gasteiger partial charge in [0.05, 0.1) is 12.7 Å². The molecule has 2 N–H and O–H groups in total. The number of aliphatic hydroxyl groups is 1. The summed E-state index contributed by atoms with van der Waals surface area (Å²) in [6.07, 6.45) is 3.13. The molecular formula is C10H17N3O3. The molecule has 6 nitrogen and oxygen atoms in total. The van der Waals surface area contributed by atoms with Crippen LogP contribution in [0, 0.1) is 0 Å². The van der Waals surface area contributed by atoms with Gasteiger partial charge in [0, 0.05) is 33.1 Å². The first-order valence-electron chi connectivity index (χ1n) is 5.07. The van der Waals surface area contributed by atoms with Crippen LogP contribution in [-0.2, 0) is 11.8 Å². The Balaban J connectivity index is 2.43. The van der Waals surface area contributed by atoms with Crippen LogP contribution in [0.3, 0.4) is 0 Å². The Hall–Kier alpha value is -1.40. The Morgan fingerprint density at radius 3 is 3.12 bits per heavy atom. The van der Waals surface area contributed by atoms with E-state index >= 15 is 0 Å². The maximum Gasteiger partial charge on any atom is 0.293 e. The Kier molecular flexibility index (Phi) is 4.94. The van der Waals surface area contributed by atoms with Crippen molar-refractivity contribution in [2.45, 2.75) is 12.5 Å². The molecule has 1 aromatic rings. The number of aromatic nitrogens is 2. The Morgan fingerprint density at radius 1 is 1.69 bits per heavy atom.